The molecule has 0 unspecified atom stereocenters. The molecule has 0 heterocycles. The highest BCUT2D eigenvalue weighted by Crippen LogP contribution is 1.71. The van der Waals surface area contributed by atoms with Crippen molar-refractivity contribution in [2.75, 3.05) is 0 Å². The van der Waals surface area contributed by atoms with Crippen LogP contribution in [-0.4, -0.2) is 16.6 Å². The van der Waals surface area contributed by atoms with Crippen LogP contribution >= 0.6 is 15.8 Å². The Bertz CT molecular complexity index is 44.9. The minimum atomic E-state index is 0.296. The van der Waals surface area contributed by atoms with Gasteiger partial charge in [-0.25, -0.2) is 0 Å². The normalized spacial score (nSPS) is 6.80. The first-order valence-electron chi connectivity index (χ1n) is 1.23. The predicted molar refractivity (Wildman–Crippen MR) is 27.3 cm³/mol. The van der Waals surface area contributed by atoms with Crippen LogP contribution in [0.15, 0.2) is 0 Å². The standard InChI is InChI=1S/C2H3BBrO/c1-2(5)3-4/h1H3/p+1. The number of hydrogen-bond acceptors (Lipinski definition) is 0. The van der Waals surface area contributed by atoms with E-state index in [0.29, 0.717) is 5.68 Å². The molecule has 0 atom stereocenters. The first-order valence-corrected chi connectivity index (χ1v) is 2.15. The van der Waals surface area contributed by atoms with Gasteiger partial charge in [-0.2, -0.15) is 0 Å². The number of carbonyl (C=O) groups excluding carboxylic acids is 1. The Hall–Kier alpha value is 0.215. The highest BCUT2D eigenvalue weighted by atomic mass is 79.9. The highest BCUT2D eigenvalue weighted by molar-refractivity contribution is 9.24. The maximum atomic E-state index is 8.18. The Labute approximate surface area is 40.0 Å². The summed E-state index contributed by atoms with van der Waals surface area (Å²) in [5.41, 5.74) is 0.296. The molecule has 0 aliphatic heterocycles. The van der Waals surface area contributed by atoms with Crippen molar-refractivity contribution in [2.45, 2.75) is 6.92 Å². The maximum Gasteiger partial charge on any atom is 0.370 e. The van der Waals surface area contributed by atoms with Gasteiger partial charge >= 0.3 is 6.10 Å². The predicted octanol–water partition coefficient (Wildman–Crippen LogP) is 0.523. The van der Waals surface area contributed by atoms with Gasteiger partial charge in [0.15, 0.2) is 0 Å². The van der Waals surface area contributed by atoms with Crippen LogP contribution in [0.25, 0.3) is 0 Å². The quantitative estimate of drug-likeness (QED) is 0.369. The minimum Gasteiger partial charge on any atom is -0.296 e. The van der Waals surface area contributed by atoms with Crippen molar-refractivity contribution in [3.63, 3.8) is 0 Å². The van der Waals surface area contributed by atoms with Crippen LogP contribution in [0.5, 0.6) is 0 Å². The molecule has 0 bridgehead atoms. The summed E-state index contributed by atoms with van der Waals surface area (Å²) in [6, 6.07) is 0. The summed E-state index contributed by atoms with van der Waals surface area (Å²) in [6.45, 7) is 1.59. The van der Waals surface area contributed by atoms with Gasteiger partial charge in [-0.1, -0.05) is 0 Å². The lowest BCUT2D eigenvalue weighted by molar-refractivity contribution is 0.684. The van der Waals surface area contributed by atoms with E-state index in [9.17, 15) is 0 Å². The lowest BCUT2D eigenvalue weighted by Gasteiger charge is -1.57. The van der Waals surface area contributed by atoms with Crippen molar-refractivity contribution in [3.8, 4) is 0 Å². The third-order valence-corrected chi connectivity index (χ3v) is 0.820. The van der Waals surface area contributed by atoms with Crippen molar-refractivity contribution in [2.24, 2.45) is 0 Å². The van der Waals surface area contributed by atoms with Gasteiger partial charge in [-0.15, -0.1) is 15.8 Å². The van der Waals surface area contributed by atoms with Crippen LogP contribution in [0, 0.1) is 0 Å². The number of rotatable bonds is 1. The molecule has 3 heteroatoms. The van der Waals surface area contributed by atoms with E-state index in [4.69, 9.17) is 4.79 Å². The van der Waals surface area contributed by atoms with Crippen molar-refractivity contribution >= 4 is 27.5 Å². The summed E-state index contributed by atoms with van der Waals surface area (Å²) < 4.78 is 0. The molecule has 0 amide bonds. The molecule has 0 aliphatic rings. The second kappa shape index (κ2) is 2.45. The van der Waals surface area contributed by atoms with Crippen LogP contribution in [0.1, 0.15) is 6.92 Å². The molecule has 0 aromatic carbocycles. The Kier molecular flexibility index (Phi) is 2.56. The second-order valence-electron chi connectivity index (χ2n) is 0.750. The maximum absolute atomic E-state index is 8.18. The summed E-state index contributed by atoms with van der Waals surface area (Å²) in [5.74, 6) is 0. The molecule has 1 radical (unpaired) electrons. The summed E-state index contributed by atoms with van der Waals surface area (Å²) in [4.78, 5) is 8.18. The molecule has 5 heavy (non-hydrogen) atoms. The molecule has 0 fully saturated rings. The van der Waals surface area contributed by atoms with Crippen molar-refractivity contribution in [1.82, 2.24) is 0 Å². The Morgan fingerprint density at radius 3 is 2.20 bits per heavy atom. The van der Waals surface area contributed by atoms with Crippen LogP contribution in [-0.2, 0) is 0 Å². The van der Waals surface area contributed by atoms with Crippen LogP contribution < -0.4 is 0 Å². The fraction of sp³-hybridized carbons (Fsp3) is 0.500. The van der Waals surface area contributed by atoms with E-state index in [2.05, 4.69) is 15.8 Å². The summed E-state index contributed by atoms with van der Waals surface area (Å²) in [5, 5.41) is 0. The molecule has 1 nitrogen and oxygen atoms in total. The summed E-state index contributed by atoms with van der Waals surface area (Å²) in [7, 11) is 0. The zero-order valence-corrected chi connectivity index (χ0v) is 4.49. The third-order valence-electron chi connectivity index (χ3n) is 0.158. The molecule has 0 saturated carbocycles. The van der Waals surface area contributed by atoms with E-state index in [0.717, 1.165) is 0 Å². The fourth-order valence-electron chi connectivity index (χ4n) is 0. The minimum absolute atomic E-state index is 0.296. The molecule has 0 aromatic rings. The van der Waals surface area contributed by atoms with Gasteiger partial charge in [-0.05, 0) is 0 Å². The molecular formula is C2H4BBrO+. The Balaban J connectivity index is 2.85. The van der Waals surface area contributed by atoms with Crippen molar-refractivity contribution in [3.05, 3.63) is 0 Å². The first kappa shape index (κ1) is 5.21. The lowest BCUT2D eigenvalue weighted by Crippen LogP contribution is -1.92. The molecule has 0 aromatic heterocycles. The largest absolute Gasteiger partial charge is 0.370 e. The SMILES string of the molecule is CC(=[OH+])[B]Br. The van der Waals surface area contributed by atoms with E-state index in [1.807, 2.05) is 0 Å². The average Bonchev–Trinajstić information content (AvgIpc) is 1.38. The van der Waals surface area contributed by atoms with Gasteiger partial charge < -0.3 is 0 Å². The highest BCUT2D eigenvalue weighted by Gasteiger charge is 1.93. The van der Waals surface area contributed by atoms with E-state index in [1.54, 1.807) is 6.92 Å². The van der Waals surface area contributed by atoms with E-state index in [1.165, 1.54) is 6.10 Å². The molecule has 0 spiro atoms. The van der Waals surface area contributed by atoms with Crippen molar-refractivity contribution in [1.29, 1.82) is 0 Å². The van der Waals surface area contributed by atoms with E-state index < -0.39 is 0 Å². The molecular weight excluding hydrogens is 131 g/mol. The van der Waals surface area contributed by atoms with Gasteiger partial charge in [0, 0.05) is 6.92 Å². The van der Waals surface area contributed by atoms with Gasteiger partial charge in [0.1, 0.15) is 0 Å². The number of hydrogen-bond donors (Lipinski definition) is 0. The van der Waals surface area contributed by atoms with Crippen molar-refractivity contribution < 1.29 is 4.79 Å². The topological polar surface area (TPSA) is 21.4 Å². The third kappa shape index (κ3) is 4.21. The first-order chi connectivity index (χ1) is 2.27. The Morgan fingerprint density at radius 1 is 2.00 bits per heavy atom. The smallest absolute Gasteiger partial charge is 0.296 e. The van der Waals surface area contributed by atoms with Gasteiger partial charge in [0.05, 0.1) is 0 Å². The van der Waals surface area contributed by atoms with Gasteiger partial charge in [-0.3, -0.25) is 4.79 Å². The van der Waals surface area contributed by atoms with E-state index >= 15 is 0 Å². The average molecular weight is 135 g/mol. The van der Waals surface area contributed by atoms with E-state index in [-0.39, 0.29) is 0 Å². The second-order valence-corrected chi connectivity index (χ2v) is 1.21. The summed E-state index contributed by atoms with van der Waals surface area (Å²) in [6.07, 6.45) is 1.45. The zero-order chi connectivity index (χ0) is 4.28. The monoisotopic (exact) mass is 134 g/mol. The zero-order valence-electron chi connectivity index (χ0n) is 2.90. The van der Waals surface area contributed by atoms with Crippen LogP contribution in [0.4, 0.5) is 0 Å². The van der Waals surface area contributed by atoms with Crippen LogP contribution in [0.3, 0.4) is 0 Å². The molecule has 0 aliphatic carbocycles. The summed E-state index contributed by atoms with van der Waals surface area (Å²) >= 11 is 2.90. The van der Waals surface area contributed by atoms with Gasteiger partial charge in [0.25, 0.3) is 0 Å². The molecule has 27 valence electrons. The Morgan fingerprint density at radius 2 is 2.20 bits per heavy atom. The molecule has 1 N–H and O–H groups in total. The molecule has 0 rings (SSSR count). The fourth-order valence-corrected chi connectivity index (χ4v) is 0. The van der Waals surface area contributed by atoms with Gasteiger partial charge in [0.2, 0.25) is 5.68 Å². The lowest BCUT2D eigenvalue weighted by atomic mass is 10.1. The number of halogens is 1. The molecule has 0 saturated heterocycles. The van der Waals surface area contributed by atoms with Crippen LogP contribution in [0.2, 0.25) is 0 Å².